The van der Waals surface area contributed by atoms with Crippen LogP contribution in [0.5, 0.6) is 0 Å². The second kappa shape index (κ2) is 6.32. The summed E-state index contributed by atoms with van der Waals surface area (Å²) < 4.78 is 7.96. The van der Waals surface area contributed by atoms with Crippen LogP contribution in [0, 0.1) is 17.8 Å². The fourth-order valence-electron chi connectivity index (χ4n) is 4.56. The van der Waals surface area contributed by atoms with Gasteiger partial charge in [-0.15, -0.1) is 0 Å². The van der Waals surface area contributed by atoms with E-state index in [0.717, 1.165) is 31.0 Å². The number of hydrogen-bond donors (Lipinski definition) is 1. The Morgan fingerprint density at radius 2 is 2.14 bits per heavy atom. The Bertz CT molecular complexity index is 496. The first-order valence-corrected chi connectivity index (χ1v) is 9.14. The summed E-state index contributed by atoms with van der Waals surface area (Å²) in [5.41, 5.74) is 1.23. The molecule has 0 spiro atoms. The summed E-state index contributed by atoms with van der Waals surface area (Å²) >= 11 is 0. The molecule has 122 valence electrons. The summed E-state index contributed by atoms with van der Waals surface area (Å²) in [6.45, 7) is 1.98. The van der Waals surface area contributed by atoms with Gasteiger partial charge in [-0.3, -0.25) is 4.68 Å². The summed E-state index contributed by atoms with van der Waals surface area (Å²) in [6, 6.07) is 2.85. The van der Waals surface area contributed by atoms with Crippen LogP contribution >= 0.6 is 0 Å². The molecule has 1 saturated heterocycles. The Balaban J connectivity index is 1.31. The summed E-state index contributed by atoms with van der Waals surface area (Å²) in [7, 11) is 2.02. The molecule has 4 heteroatoms. The molecular weight excluding hydrogens is 274 g/mol. The minimum atomic E-state index is 0.225. The third kappa shape index (κ3) is 3.09. The molecule has 0 bridgehead atoms. The Labute approximate surface area is 133 Å². The monoisotopic (exact) mass is 303 g/mol. The van der Waals surface area contributed by atoms with Crippen molar-refractivity contribution in [3.05, 3.63) is 18.0 Å². The fourth-order valence-corrected chi connectivity index (χ4v) is 4.56. The molecule has 0 unspecified atom stereocenters. The molecule has 3 aliphatic rings. The van der Waals surface area contributed by atoms with Gasteiger partial charge in [0.05, 0.1) is 5.69 Å². The number of nitrogens with zero attached hydrogens (tertiary/aromatic N) is 2. The molecular formula is C18H29N3O. The predicted molar refractivity (Wildman–Crippen MR) is 86.5 cm³/mol. The topological polar surface area (TPSA) is 39.1 Å². The Hall–Kier alpha value is -0.870. The van der Waals surface area contributed by atoms with Crippen LogP contribution in [0.3, 0.4) is 0 Å². The van der Waals surface area contributed by atoms with Gasteiger partial charge in [-0.1, -0.05) is 12.8 Å². The van der Waals surface area contributed by atoms with Gasteiger partial charge in [0.2, 0.25) is 0 Å². The minimum Gasteiger partial charge on any atom is -0.372 e. The van der Waals surface area contributed by atoms with Crippen molar-refractivity contribution in [2.24, 2.45) is 24.8 Å². The van der Waals surface area contributed by atoms with Crippen molar-refractivity contribution in [3.8, 4) is 0 Å². The lowest BCUT2D eigenvalue weighted by atomic mass is 9.82. The molecule has 22 heavy (non-hydrogen) atoms. The van der Waals surface area contributed by atoms with Gasteiger partial charge in [-0.2, -0.15) is 5.10 Å². The van der Waals surface area contributed by atoms with Crippen LogP contribution in [0.25, 0.3) is 0 Å². The highest BCUT2D eigenvalue weighted by Gasteiger charge is 2.36. The van der Waals surface area contributed by atoms with Crippen LogP contribution in [0.1, 0.15) is 56.7 Å². The second-order valence-electron chi connectivity index (χ2n) is 7.59. The largest absolute Gasteiger partial charge is 0.372 e. The molecule has 4 atom stereocenters. The first-order valence-electron chi connectivity index (χ1n) is 9.14. The van der Waals surface area contributed by atoms with Gasteiger partial charge in [0.25, 0.3) is 0 Å². The van der Waals surface area contributed by atoms with E-state index < -0.39 is 0 Å². The lowest BCUT2D eigenvalue weighted by Gasteiger charge is -2.31. The van der Waals surface area contributed by atoms with Crippen LogP contribution in [0.4, 0.5) is 0 Å². The molecule has 2 aliphatic carbocycles. The molecule has 1 aromatic rings. The van der Waals surface area contributed by atoms with E-state index in [4.69, 9.17) is 4.74 Å². The van der Waals surface area contributed by atoms with E-state index >= 15 is 0 Å². The summed E-state index contributed by atoms with van der Waals surface area (Å²) in [5.74, 6) is 2.68. The van der Waals surface area contributed by atoms with Gasteiger partial charge in [-0.05, 0) is 50.0 Å². The number of rotatable bonds is 5. The molecule has 1 N–H and O–H groups in total. The Morgan fingerprint density at radius 3 is 2.91 bits per heavy atom. The average molecular weight is 303 g/mol. The maximum Gasteiger partial charge on any atom is 0.103 e. The third-order valence-corrected chi connectivity index (χ3v) is 6.04. The SMILES string of the molecule is Cn1nccc1[C@@H]1OCC[C@H]1CN[C@@H]1CCC[C@@H](C2CC2)C1. The van der Waals surface area contributed by atoms with E-state index in [2.05, 4.69) is 16.5 Å². The van der Waals surface area contributed by atoms with E-state index in [1.807, 2.05) is 17.9 Å². The van der Waals surface area contributed by atoms with Gasteiger partial charge in [0, 0.05) is 38.4 Å². The molecule has 1 aromatic heterocycles. The number of aromatic nitrogens is 2. The number of ether oxygens (including phenoxy) is 1. The highest BCUT2D eigenvalue weighted by molar-refractivity contribution is 5.08. The molecule has 2 saturated carbocycles. The quantitative estimate of drug-likeness (QED) is 0.908. The van der Waals surface area contributed by atoms with Crippen LogP contribution in [-0.2, 0) is 11.8 Å². The van der Waals surface area contributed by atoms with Crippen molar-refractivity contribution in [2.45, 2.75) is 57.1 Å². The van der Waals surface area contributed by atoms with Crippen LogP contribution in [0.15, 0.2) is 12.3 Å². The number of nitrogens with one attached hydrogen (secondary N) is 1. The lowest BCUT2D eigenvalue weighted by Crippen LogP contribution is -2.38. The van der Waals surface area contributed by atoms with Crippen LogP contribution in [0.2, 0.25) is 0 Å². The van der Waals surface area contributed by atoms with Gasteiger partial charge in [0.1, 0.15) is 6.10 Å². The van der Waals surface area contributed by atoms with Crippen LogP contribution in [-0.4, -0.2) is 29.0 Å². The van der Waals surface area contributed by atoms with Gasteiger partial charge >= 0.3 is 0 Å². The van der Waals surface area contributed by atoms with Crippen molar-refractivity contribution >= 4 is 0 Å². The smallest absolute Gasteiger partial charge is 0.103 e. The zero-order valence-electron chi connectivity index (χ0n) is 13.7. The maximum absolute atomic E-state index is 6.00. The van der Waals surface area contributed by atoms with Gasteiger partial charge in [-0.25, -0.2) is 0 Å². The van der Waals surface area contributed by atoms with E-state index in [9.17, 15) is 0 Å². The highest BCUT2D eigenvalue weighted by Crippen LogP contribution is 2.44. The summed E-state index contributed by atoms with van der Waals surface area (Å²) in [4.78, 5) is 0. The third-order valence-electron chi connectivity index (χ3n) is 6.04. The first kappa shape index (κ1) is 14.7. The minimum absolute atomic E-state index is 0.225. The van der Waals surface area contributed by atoms with Crippen LogP contribution < -0.4 is 5.32 Å². The first-order chi connectivity index (χ1) is 10.8. The average Bonchev–Trinajstić information content (AvgIpc) is 3.15. The number of aryl methyl sites for hydroxylation is 1. The van der Waals surface area contributed by atoms with E-state index in [1.165, 1.54) is 50.6 Å². The summed E-state index contributed by atoms with van der Waals surface area (Å²) in [5, 5.41) is 8.18. The van der Waals surface area contributed by atoms with E-state index in [-0.39, 0.29) is 6.10 Å². The fraction of sp³-hybridized carbons (Fsp3) is 0.833. The normalized spacial score (nSPS) is 35.9. The zero-order chi connectivity index (χ0) is 14.9. The van der Waals surface area contributed by atoms with Crippen molar-refractivity contribution in [3.63, 3.8) is 0 Å². The zero-order valence-corrected chi connectivity index (χ0v) is 13.7. The Kier molecular flexibility index (Phi) is 4.23. The van der Waals surface area contributed by atoms with Crippen molar-refractivity contribution in [2.75, 3.05) is 13.2 Å². The van der Waals surface area contributed by atoms with E-state index in [1.54, 1.807) is 0 Å². The van der Waals surface area contributed by atoms with Gasteiger partial charge < -0.3 is 10.1 Å². The molecule has 0 radical (unpaired) electrons. The standard InChI is InChI=1S/C18H29N3O/c1-21-17(7-9-20-21)18-15(8-10-22-18)12-19-16-4-2-3-14(11-16)13-5-6-13/h7,9,13-16,18-19H,2-6,8,10-12H2,1H3/t14-,15+,16-,18-/m1/s1. The highest BCUT2D eigenvalue weighted by atomic mass is 16.5. The molecule has 0 amide bonds. The second-order valence-corrected chi connectivity index (χ2v) is 7.59. The lowest BCUT2D eigenvalue weighted by molar-refractivity contribution is 0.0823. The molecule has 4 rings (SSSR count). The van der Waals surface area contributed by atoms with E-state index in [0.29, 0.717) is 5.92 Å². The van der Waals surface area contributed by atoms with Gasteiger partial charge in [0.15, 0.2) is 0 Å². The van der Waals surface area contributed by atoms with Crippen molar-refractivity contribution in [1.29, 1.82) is 0 Å². The summed E-state index contributed by atoms with van der Waals surface area (Å²) in [6.07, 6.45) is 11.9. The number of hydrogen-bond acceptors (Lipinski definition) is 3. The van der Waals surface area contributed by atoms with Crippen molar-refractivity contribution < 1.29 is 4.74 Å². The predicted octanol–water partition coefficient (Wildman–Crippen LogP) is 3.06. The maximum atomic E-state index is 6.00. The Morgan fingerprint density at radius 1 is 1.23 bits per heavy atom. The molecule has 3 fully saturated rings. The van der Waals surface area contributed by atoms with Crippen molar-refractivity contribution in [1.82, 2.24) is 15.1 Å². The molecule has 1 aliphatic heterocycles. The molecule has 0 aromatic carbocycles. The molecule has 2 heterocycles. The molecule has 4 nitrogen and oxygen atoms in total.